The fourth-order valence-corrected chi connectivity index (χ4v) is 2.02. The minimum absolute atomic E-state index is 0.155. The SMILES string of the molecule is CCCCN(C(=O)c1n[nH]c(C(C)C)n1)c1ccccc1. The summed E-state index contributed by atoms with van der Waals surface area (Å²) in [5.74, 6) is 1.04. The molecular formula is C16H22N4O. The fourth-order valence-electron chi connectivity index (χ4n) is 2.02. The van der Waals surface area contributed by atoms with E-state index < -0.39 is 0 Å². The van der Waals surface area contributed by atoms with Gasteiger partial charge in [-0.05, 0) is 18.6 Å². The zero-order valence-electron chi connectivity index (χ0n) is 12.8. The summed E-state index contributed by atoms with van der Waals surface area (Å²) in [4.78, 5) is 18.7. The Morgan fingerprint density at radius 2 is 2.00 bits per heavy atom. The van der Waals surface area contributed by atoms with E-state index in [4.69, 9.17) is 0 Å². The largest absolute Gasteiger partial charge is 0.306 e. The Balaban J connectivity index is 2.25. The molecule has 1 N–H and O–H groups in total. The number of nitrogens with zero attached hydrogens (tertiary/aromatic N) is 3. The van der Waals surface area contributed by atoms with Crippen LogP contribution in [0, 0.1) is 0 Å². The van der Waals surface area contributed by atoms with Crippen LogP contribution >= 0.6 is 0 Å². The lowest BCUT2D eigenvalue weighted by molar-refractivity contribution is 0.0977. The molecule has 0 aliphatic carbocycles. The smallest absolute Gasteiger partial charge is 0.297 e. The number of benzene rings is 1. The Morgan fingerprint density at radius 3 is 2.57 bits per heavy atom. The van der Waals surface area contributed by atoms with Gasteiger partial charge in [0.15, 0.2) is 0 Å². The number of para-hydroxylation sites is 1. The van der Waals surface area contributed by atoms with Gasteiger partial charge >= 0.3 is 0 Å². The highest BCUT2D eigenvalue weighted by Gasteiger charge is 2.21. The van der Waals surface area contributed by atoms with Gasteiger partial charge in [0.1, 0.15) is 5.82 Å². The standard InChI is InChI=1S/C16H22N4O/c1-4-5-11-20(13-9-7-6-8-10-13)16(21)15-17-14(12(2)3)18-19-15/h6-10,12H,4-5,11H2,1-3H3,(H,17,18,19). The molecule has 0 saturated carbocycles. The maximum atomic E-state index is 12.7. The van der Waals surface area contributed by atoms with Crippen molar-refractivity contribution in [1.29, 1.82) is 0 Å². The third-order valence-electron chi connectivity index (χ3n) is 3.29. The average molecular weight is 286 g/mol. The van der Waals surface area contributed by atoms with Crippen molar-refractivity contribution in [2.75, 3.05) is 11.4 Å². The fraction of sp³-hybridized carbons (Fsp3) is 0.438. The first-order valence-electron chi connectivity index (χ1n) is 7.42. The molecule has 0 atom stereocenters. The molecule has 1 amide bonds. The molecular weight excluding hydrogens is 264 g/mol. The molecule has 5 heteroatoms. The number of hydrogen-bond donors (Lipinski definition) is 1. The van der Waals surface area contributed by atoms with E-state index in [1.165, 1.54) is 0 Å². The van der Waals surface area contributed by atoms with Gasteiger partial charge in [0, 0.05) is 18.2 Å². The van der Waals surface area contributed by atoms with E-state index in [2.05, 4.69) is 22.1 Å². The number of nitrogens with one attached hydrogen (secondary N) is 1. The van der Waals surface area contributed by atoms with Crippen molar-refractivity contribution < 1.29 is 4.79 Å². The van der Waals surface area contributed by atoms with Crippen LogP contribution in [0.15, 0.2) is 30.3 Å². The molecule has 1 aromatic carbocycles. The van der Waals surface area contributed by atoms with Crippen LogP contribution in [0.2, 0.25) is 0 Å². The van der Waals surface area contributed by atoms with Gasteiger partial charge in [-0.25, -0.2) is 4.98 Å². The molecule has 112 valence electrons. The third-order valence-corrected chi connectivity index (χ3v) is 3.29. The molecule has 0 spiro atoms. The van der Waals surface area contributed by atoms with E-state index in [0.29, 0.717) is 6.54 Å². The molecule has 1 heterocycles. The Kier molecular flexibility index (Phi) is 5.09. The monoisotopic (exact) mass is 286 g/mol. The molecule has 0 saturated heterocycles. The predicted molar refractivity (Wildman–Crippen MR) is 83.5 cm³/mol. The summed E-state index contributed by atoms with van der Waals surface area (Å²) in [5, 5.41) is 6.90. The lowest BCUT2D eigenvalue weighted by atomic mass is 10.2. The van der Waals surface area contributed by atoms with Gasteiger partial charge in [-0.15, -0.1) is 5.10 Å². The number of aromatic nitrogens is 3. The van der Waals surface area contributed by atoms with E-state index in [0.717, 1.165) is 24.4 Å². The number of hydrogen-bond acceptors (Lipinski definition) is 3. The molecule has 0 radical (unpaired) electrons. The highest BCUT2D eigenvalue weighted by molar-refractivity contribution is 6.03. The molecule has 2 aromatic rings. The molecule has 0 aliphatic heterocycles. The normalized spacial score (nSPS) is 10.9. The first-order chi connectivity index (χ1) is 10.1. The highest BCUT2D eigenvalue weighted by Crippen LogP contribution is 2.17. The summed E-state index contributed by atoms with van der Waals surface area (Å²) in [5.41, 5.74) is 0.881. The number of unbranched alkanes of at least 4 members (excludes halogenated alkanes) is 1. The number of anilines is 1. The van der Waals surface area contributed by atoms with Crippen molar-refractivity contribution in [3.63, 3.8) is 0 Å². The number of carbonyl (C=O) groups is 1. The molecule has 1 aromatic heterocycles. The zero-order chi connectivity index (χ0) is 15.2. The van der Waals surface area contributed by atoms with E-state index in [1.807, 2.05) is 44.2 Å². The van der Waals surface area contributed by atoms with Crippen LogP contribution in [0.3, 0.4) is 0 Å². The summed E-state index contributed by atoms with van der Waals surface area (Å²) < 4.78 is 0. The van der Waals surface area contributed by atoms with Crippen LogP contribution in [-0.4, -0.2) is 27.6 Å². The van der Waals surface area contributed by atoms with Crippen molar-refractivity contribution >= 4 is 11.6 Å². The predicted octanol–water partition coefficient (Wildman–Crippen LogP) is 3.38. The summed E-state index contributed by atoms with van der Waals surface area (Å²) >= 11 is 0. The van der Waals surface area contributed by atoms with Crippen LogP contribution in [0.1, 0.15) is 56.0 Å². The van der Waals surface area contributed by atoms with Crippen molar-refractivity contribution in [3.05, 3.63) is 42.0 Å². The van der Waals surface area contributed by atoms with Crippen LogP contribution < -0.4 is 4.90 Å². The van der Waals surface area contributed by atoms with E-state index in [1.54, 1.807) is 4.90 Å². The van der Waals surface area contributed by atoms with Crippen LogP contribution in [-0.2, 0) is 0 Å². The topological polar surface area (TPSA) is 61.9 Å². The molecule has 5 nitrogen and oxygen atoms in total. The lowest BCUT2D eigenvalue weighted by Gasteiger charge is -2.21. The van der Waals surface area contributed by atoms with Crippen LogP contribution in [0.5, 0.6) is 0 Å². The first-order valence-corrected chi connectivity index (χ1v) is 7.42. The van der Waals surface area contributed by atoms with E-state index in [-0.39, 0.29) is 17.6 Å². The highest BCUT2D eigenvalue weighted by atomic mass is 16.2. The van der Waals surface area contributed by atoms with Gasteiger partial charge in [0.05, 0.1) is 0 Å². The van der Waals surface area contributed by atoms with Crippen LogP contribution in [0.4, 0.5) is 5.69 Å². The second kappa shape index (κ2) is 7.02. The Hall–Kier alpha value is -2.17. The third kappa shape index (κ3) is 3.68. The maximum absolute atomic E-state index is 12.7. The Labute approximate surface area is 125 Å². The second-order valence-electron chi connectivity index (χ2n) is 5.34. The number of rotatable bonds is 6. The van der Waals surface area contributed by atoms with Gasteiger partial charge < -0.3 is 4.90 Å². The van der Waals surface area contributed by atoms with Gasteiger partial charge in [0.25, 0.3) is 5.91 Å². The van der Waals surface area contributed by atoms with E-state index in [9.17, 15) is 4.79 Å². The van der Waals surface area contributed by atoms with Crippen LogP contribution in [0.25, 0.3) is 0 Å². The van der Waals surface area contributed by atoms with Gasteiger partial charge in [-0.2, -0.15) is 0 Å². The minimum atomic E-state index is -0.155. The quantitative estimate of drug-likeness (QED) is 0.885. The number of aromatic amines is 1. The molecule has 0 unspecified atom stereocenters. The number of H-pyrrole nitrogens is 1. The average Bonchev–Trinajstić information content (AvgIpc) is 2.98. The number of carbonyl (C=O) groups excluding carboxylic acids is 1. The van der Waals surface area contributed by atoms with Gasteiger partial charge in [-0.1, -0.05) is 45.4 Å². The summed E-state index contributed by atoms with van der Waals surface area (Å²) in [7, 11) is 0. The molecule has 2 rings (SSSR count). The molecule has 21 heavy (non-hydrogen) atoms. The zero-order valence-corrected chi connectivity index (χ0v) is 12.8. The second-order valence-corrected chi connectivity index (χ2v) is 5.34. The van der Waals surface area contributed by atoms with Crippen molar-refractivity contribution in [2.24, 2.45) is 0 Å². The lowest BCUT2D eigenvalue weighted by Crippen LogP contribution is -2.32. The Bertz CT molecular complexity index is 577. The maximum Gasteiger partial charge on any atom is 0.297 e. The number of amides is 1. The van der Waals surface area contributed by atoms with Crippen molar-refractivity contribution in [2.45, 2.75) is 39.5 Å². The molecule has 0 fully saturated rings. The van der Waals surface area contributed by atoms with Crippen molar-refractivity contribution in [1.82, 2.24) is 15.2 Å². The molecule has 0 aliphatic rings. The van der Waals surface area contributed by atoms with Gasteiger partial charge in [-0.3, -0.25) is 9.89 Å². The first kappa shape index (κ1) is 15.2. The Morgan fingerprint density at radius 1 is 1.29 bits per heavy atom. The summed E-state index contributed by atoms with van der Waals surface area (Å²) in [6, 6.07) is 9.67. The van der Waals surface area contributed by atoms with Gasteiger partial charge in [0.2, 0.25) is 5.82 Å². The van der Waals surface area contributed by atoms with E-state index >= 15 is 0 Å². The van der Waals surface area contributed by atoms with Crippen molar-refractivity contribution in [3.8, 4) is 0 Å². The summed E-state index contributed by atoms with van der Waals surface area (Å²) in [6.45, 7) is 6.81. The summed E-state index contributed by atoms with van der Waals surface area (Å²) in [6.07, 6.45) is 1.98. The minimum Gasteiger partial charge on any atom is -0.306 e. The molecule has 0 bridgehead atoms.